The number of amides is 2. The van der Waals surface area contributed by atoms with Gasteiger partial charge in [0.15, 0.2) is 0 Å². The van der Waals surface area contributed by atoms with Crippen LogP contribution in [0.2, 0.25) is 0 Å². The van der Waals surface area contributed by atoms with Gasteiger partial charge < -0.3 is 4.74 Å². The molecule has 5 rings (SSSR count). The summed E-state index contributed by atoms with van der Waals surface area (Å²) in [6.45, 7) is 8.34. The Bertz CT molecular complexity index is 586. The maximum Gasteiger partial charge on any atom is 0.233 e. The molecule has 2 heterocycles. The van der Waals surface area contributed by atoms with E-state index in [2.05, 4.69) is 11.8 Å². The standard InChI is InChI=1S/C18H26N2O4/c1-11-9-18(2)10-12(21)13(11)14-15(18)17(23)20(16(14)22)4-3-19-5-7-24-8-6-19/h11,13-15H,3-10H2,1-2H3. The van der Waals surface area contributed by atoms with E-state index in [1.54, 1.807) is 0 Å². The quantitative estimate of drug-likeness (QED) is 0.706. The van der Waals surface area contributed by atoms with Gasteiger partial charge in [-0.05, 0) is 17.8 Å². The van der Waals surface area contributed by atoms with Gasteiger partial charge in [0.1, 0.15) is 5.78 Å². The molecule has 6 nitrogen and oxygen atoms in total. The zero-order chi connectivity index (χ0) is 17.1. The van der Waals surface area contributed by atoms with Gasteiger partial charge in [0, 0.05) is 38.5 Å². The van der Waals surface area contributed by atoms with Gasteiger partial charge in [-0.25, -0.2) is 0 Å². The lowest BCUT2D eigenvalue weighted by Gasteiger charge is -2.52. The first-order valence-corrected chi connectivity index (χ1v) is 9.10. The van der Waals surface area contributed by atoms with Gasteiger partial charge in [0.25, 0.3) is 0 Å². The number of ether oxygens (including phenoxy) is 1. The number of hydrogen-bond acceptors (Lipinski definition) is 5. The molecular formula is C18H26N2O4. The molecule has 0 aromatic rings. The molecule has 0 aromatic heterocycles. The second-order valence-electron chi connectivity index (χ2n) is 8.29. The number of imide groups is 1. The number of nitrogens with zero attached hydrogens (tertiary/aromatic N) is 2. The van der Waals surface area contributed by atoms with E-state index in [4.69, 9.17) is 4.74 Å². The summed E-state index contributed by atoms with van der Waals surface area (Å²) in [4.78, 5) is 42.1. The minimum Gasteiger partial charge on any atom is -0.379 e. The molecule has 5 atom stereocenters. The fourth-order valence-corrected chi connectivity index (χ4v) is 5.69. The molecule has 6 heteroatoms. The minimum absolute atomic E-state index is 0.0369. The Morgan fingerprint density at radius 2 is 1.79 bits per heavy atom. The Hall–Kier alpha value is -1.27. The number of rotatable bonds is 3. The molecular weight excluding hydrogens is 308 g/mol. The van der Waals surface area contributed by atoms with Crippen LogP contribution in [0.3, 0.4) is 0 Å². The molecule has 5 aliphatic rings. The van der Waals surface area contributed by atoms with Gasteiger partial charge in [-0.15, -0.1) is 0 Å². The van der Waals surface area contributed by atoms with Crippen molar-refractivity contribution in [3.8, 4) is 0 Å². The van der Waals surface area contributed by atoms with E-state index in [0.717, 1.165) is 19.5 Å². The number of fused-ring (bicyclic) bond motifs is 2. The van der Waals surface area contributed by atoms with Gasteiger partial charge in [0.2, 0.25) is 11.8 Å². The molecule has 0 N–H and O–H groups in total. The molecule has 132 valence electrons. The van der Waals surface area contributed by atoms with Crippen molar-refractivity contribution >= 4 is 17.6 Å². The molecule has 2 bridgehead atoms. The number of carbonyl (C=O) groups is 3. The molecule has 3 saturated carbocycles. The summed E-state index contributed by atoms with van der Waals surface area (Å²) in [7, 11) is 0. The third kappa shape index (κ3) is 2.26. The Labute approximate surface area is 142 Å². The van der Waals surface area contributed by atoms with Crippen LogP contribution < -0.4 is 0 Å². The molecule has 2 amide bonds. The Kier molecular flexibility index (Phi) is 3.80. The smallest absolute Gasteiger partial charge is 0.233 e. The fourth-order valence-electron chi connectivity index (χ4n) is 5.69. The van der Waals surface area contributed by atoms with Crippen LogP contribution in [0.4, 0.5) is 0 Å². The number of Topliss-reactive ketones (excluding diaryl/α,β-unsaturated/α-hetero) is 1. The van der Waals surface area contributed by atoms with Crippen LogP contribution in [0.25, 0.3) is 0 Å². The molecule has 2 saturated heterocycles. The van der Waals surface area contributed by atoms with Gasteiger partial charge in [-0.1, -0.05) is 13.8 Å². The minimum atomic E-state index is -0.405. The molecule has 0 radical (unpaired) electrons. The van der Waals surface area contributed by atoms with Crippen LogP contribution >= 0.6 is 0 Å². The van der Waals surface area contributed by atoms with Crippen LogP contribution in [0.5, 0.6) is 0 Å². The average Bonchev–Trinajstić information content (AvgIpc) is 2.78. The molecule has 5 unspecified atom stereocenters. The summed E-state index contributed by atoms with van der Waals surface area (Å²) in [6.07, 6.45) is 1.33. The Morgan fingerprint density at radius 3 is 2.46 bits per heavy atom. The summed E-state index contributed by atoms with van der Waals surface area (Å²) in [6, 6.07) is 0. The number of carbonyl (C=O) groups excluding carboxylic acids is 3. The maximum atomic E-state index is 13.0. The maximum absolute atomic E-state index is 13.0. The van der Waals surface area contributed by atoms with Crippen LogP contribution in [-0.4, -0.2) is 66.8 Å². The first kappa shape index (κ1) is 16.2. The second kappa shape index (κ2) is 5.63. The largest absolute Gasteiger partial charge is 0.379 e. The first-order valence-electron chi connectivity index (χ1n) is 9.10. The van der Waals surface area contributed by atoms with Crippen molar-refractivity contribution in [2.24, 2.45) is 29.1 Å². The summed E-state index contributed by atoms with van der Waals surface area (Å²) in [5.41, 5.74) is -0.337. The van der Waals surface area contributed by atoms with E-state index >= 15 is 0 Å². The van der Waals surface area contributed by atoms with Gasteiger partial charge in [0.05, 0.1) is 25.0 Å². The molecule has 24 heavy (non-hydrogen) atoms. The highest BCUT2D eigenvalue weighted by atomic mass is 16.5. The normalized spacial score (nSPS) is 42.8. The number of hydrogen-bond donors (Lipinski definition) is 0. The van der Waals surface area contributed by atoms with Crippen LogP contribution in [0.15, 0.2) is 0 Å². The third-order valence-corrected chi connectivity index (χ3v) is 6.67. The summed E-state index contributed by atoms with van der Waals surface area (Å²) in [5.74, 6) is -0.686. The predicted molar refractivity (Wildman–Crippen MR) is 86.0 cm³/mol. The molecule has 0 spiro atoms. The molecule has 0 aromatic carbocycles. The Balaban J connectivity index is 1.54. The zero-order valence-electron chi connectivity index (χ0n) is 14.5. The van der Waals surface area contributed by atoms with Crippen molar-refractivity contribution in [3.63, 3.8) is 0 Å². The van der Waals surface area contributed by atoms with Gasteiger partial charge in [-0.3, -0.25) is 24.2 Å². The molecule has 3 aliphatic carbocycles. The lowest BCUT2D eigenvalue weighted by molar-refractivity contribution is -0.157. The zero-order valence-corrected chi connectivity index (χ0v) is 14.5. The van der Waals surface area contributed by atoms with E-state index in [1.165, 1.54) is 4.90 Å². The lowest BCUT2D eigenvalue weighted by Crippen LogP contribution is -2.56. The van der Waals surface area contributed by atoms with E-state index in [0.29, 0.717) is 32.7 Å². The fraction of sp³-hybridized carbons (Fsp3) is 0.833. The van der Waals surface area contributed by atoms with Crippen LogP contribution in [-0.2, 0) is 19.1 Å². The topological polar surface area (TPSA) is 66.9 Å². The summed E-state index contributed by atoms with van der Waals surface area (Å²) >= 11 is 0. The van der Waals surface area contributed by atoms with Crippen LogP contribution in [0.1, 0.15) is 26.7 Å². The summed E-state index contributed by atoms with van der Waals surface area (Å²) < 4.78 is 5.34. The lowest BCUT2D eigenvalue weighted by atomic mass is 9.48. The SMILES string of the molecule is CC1CC2(C)CC(=O)C1C1C(=O)N(CCN3CCOCC3)C(=O)C12. The highest BCUT2D eigenvalue weighted by Crippen LogP contribution is 2.60. The van der Waals surface area contributed by atoms with E-state index in [9.17, 15) is 14.4 Å². The summed E-state index contributed by atoms with van der Waals surface area (Å²) in [5, 5.41) is 0. The van der Waals surface area contributed by atoms with Gasteiger partial charge in [-0.2, -0.15) is 0 Å². The molecule has 5 fully saturated rings. The number of ketones is 1. The van der Waals surface area contributed by atoms with Crippen molar-refractivity contribution in [3.05, 3.63) is 0 Å². The van der Waals surface area contributed by atoms with Crippen molar-refractivity contribution in [1.82, 2.24) is 9.80 Å². The van der Waals surface area contributed by atoms with Crippen molar-refractivity contribution < 1.29 is 19.1 Å². The predicted octanol–water partition coefficient (Wildman–Crippen LogP) is 0.555. The van der Waals surface area contributed by atoms with E-state index in [1.807, 2.05) is 6.92 Å². The monoisotopic (exact) mass is 334 g/mol. The first-order chi connectivity index (χ1) is 11.4. The van der Waals surface area contributed by atoms with Crippen molar-refractivity contribution in [2.45, 2.75) is 26.7 Å². The highest BCUT2D eigenvalue weighted by molar-refractivity contribution is 6.09. The molecule has 2 aliphatic heterocycles. The van der Waals surface area contributed by atoms with Crippen molar-refractivity contribution in [2.75, 3.05) is 39.4 Å². The number of morpholine rings is 1. The van der Waals surface area contributed by atoms with E-state index in [-0.39, 0.29) is 40.8 Å². The second-order valence-corrected chi connectivity index (χ2v) is 8.29. The van der Waals surface area contributed by atoms with Crippen molar-refractivity contribution in [1.29, 1.82) is 0 Å². The average molecular weight is 334 g/mol. The van der Waals surface area contributed by atoms with E-state index < -0.39 is 5.92 Å². The highest BCUT2D eigenvalue weighted by Gasteiger charge is 2.66. The number of likely N-dealkylation sites (tertiary alicyclic amines) is 1. The Morgan fingerprint density at radius 1 is 1.08 bits per heavy atom. The van der Waals surface area contributed by atoms with Crippen LogP contribution in [0, 0.1) is 29.1 Å². The van der Waals surface area contributed by atoms with Gasteiger partial charge >= 0.3 is 0 Å². The third-order valence-electron chi connectivity index (χ3n) is 6.67.